The van der Waals surface area contributed by atoms with E-state index in [1.165, 1.54) is 0 Å². The quantitative estimate of drug-likeness (QED) is 0.776. The predicted molar refractivity (Wildman–Crippen MR) is 75.1 cm³/mol. The van der Waals surface area contributed by atoms with Gasteiger partial charge in [-0.15, -0.1) is 0 Å². The molecule has 0 spiro atoms. The second-order valence-corrected chi connectivity index (χ2v) is 5.73. The Kier molecular flexibility index (Phi) is 5.19. The number of carbonyl (C=O) groups is 1. The summed E-state index contributed by atoms with van der Waals surface area (Å²) in [4.78, 5) is 14.6. The molecule has 110 valence electrons. The zero-order chi connectivity index (χ0) is 13.8. The Morgan fingerprint density at radius 2 is 2.05 bits per heavy atom. The molecule has 2 aliphatic rings. The number of likely N-dealkylation sites (N-methyl/N-ethyl adjacent to an activating group) is 1. The molecule has 0 aromatic heterocycles. The Bertz CT molecular complexity index is 301. The van der Waals surface area contributed by atoms with E-state index in [0.717, 1.165) is 32.5 Å². The third-order valence-corrected chi connectivity index (χ3v) is 4.08. The van der Waals surface area contributed by atoms with Gasteiger partial charge in [0.1, 0.15) is 6.04 Å². The summed E-state index contributed by atoms with van der Waals surface area (Å²) in [6.45, 7) is 9.60. The number of nitrogens with one attached hydrogen (secondary N) is 2. The molecule has 2 N–H and O–H groups in total. The van der Waals surface area contributed by atoms with Crippen LogP contribution in [-0.4, -0.2) is 61.3 Å². The molecule has 5 heteroatoms. The maximum absolute atomic E-state index is 12.2. The zero-order valence-electron chi connectivity index (χ0n) is 12.3. The summed E-state index contributed by atoms with van der Waals surface area (Å²) in [5.41, 5.74) is 0. The SMILES string of the molecule is CCNC(=O)C1CNCCN1C1CC(C)OC(C)C1. The van der Waals surface area contributed by atoms with E-state index in [-0.39, 0.29) is 11.9 Å². The fourth-order valence-electron chi connectivity index (χ4n) is 3.33. The van der Waals surface area contributed by atoms with Crippen molar-refractivity contribution in [1.82, 2.24) is 15.5 Å². The van der Waals surface area contributed by atoms with Crippen molar-refractivity contribution >= 4 is 5.91 Å². The predicted octanol–water partition coefficient (Wildman–Crippen LogP) is 0.352. The Labute approximate surface area is 116 Å². The fraction of sp³-hybridized carbons (Fsp3) is 0.929. The Morgan fingerprint density at radius 1 is 1.37 bits per heavy atom. The minimum Gasteiger partial charge on any atom is -0.375 e. The molecule has 2 aliphatic heterocycles. The third-order valence-electron chi connectivity index (χ3n) is 4.08. The van der Waals surface area contributed by atoms with Crippen molar-refractivity contribution in [3.05, 3.63) is 0 Å². The lowest BCUT2D eigenvalue weighted by Gasteiger charge is -2.44. The van der Waals surface area contributed by atoms with Crippen LogP contribution in [0.15, 0.2) is 0 Å². The van der Waals surface area contributed by atoms with E-state index in [0.29, 0.717) is 24.8 Å². The van der Waals surface area contributed by atoms with Crippen LogP contribution < -0.4 is 10.6 Å². The van der Waals surface area contributed by atoms with Crippen LogP contribution in [0, 0.1) is 0 Å². The summed E-state index contributed by atoms with van der Waals surface area (Å²) in [5.74, 6) is 0.154. The molecule has 2 fully saturated rings. The third kappa shape index (κ3) is 3.68. The number of nitrogens with zero attached hydrogens (tertiary/aromatic N) is 1. The average molecular weight is 269 g/mol. The average Bonchev–Trinajstić information content (AvgIpc) is 2.38. The van der Waals surface area contributed by atoms with E-state index in [9.17, 15) is 4.79 Å². The van der Waals surface area contributed by atoms with Crippen molar-refractivity contribution in [3.63, 3.8) is 0 Å². The smallest absolute Gasteiger partial charge is 0.238 e. The lowest BCUT2D eigenvalue weighted by Crippen LogP contribution is -2.62. The highest BCUT2D eigenvalue weighted by atomic mass is 16.5. The minimum atomic E-state index is -0.0313. The summed E-state index contributed by atoms with van der Waals surface area (Å²) in [6, 6.07) is 0.435. The van der Waals surface area contributed by atoms with Crippen molar-refractivity contribution in [2.24, 2.45) is 0 Å². The largest absolute Gasteiger partial charge is 0.375 e. The molecule has 3 atom stereocenters. The fourth-order valence-corrected chi connectivity index (χ4v) is 3.33. The van der Waals surface area contributed by atoms with Crippen LogP contribution in [0.25, 0.3) is 0 Å². The first kappa shape index (κ1) is 14.8. The number of amides is 1. The first-order valence-electron chi connectivity index (χ1n) is 7.51. The van der Waals surface area contributed by atoms with Crippen molar-refractivity contribution in [3.8, 4) is 0 Å². The molecule has 19 heavy (non-hydrogen) atoms. The summed E-state index contributed by atoms with van der Waals surface area (Å²) in [6.07, 6.45) is 2.64. The first-order chi connectivity index (χ1) is 9.11. The lowest BCUT2D eigenvalue weighted by molar-refractivity contribution is -0.131. The minimum absolute atomic E-state index is 0.0313. The van der Waals surface area contributed by atoms with Crippen LogP contribution in [0.1, 0.15) is 33.6 Å². The van der Waals surface area contributed by atoms with E-state index in [1.807, 2.05) is 6.92 Å². The van der Waals surface area contributed by atoms with Crippen LogP contribution in [-0.2, 0) is 9.53 Å². The van der Waals surface area contributed by atoms with Gasteiger partial charge in [-0.05, 0) is 33.6 Å². The van der Waals surface area contributed by atoms with Crippen LogP contribution in [0.2, 0.25) is 0 Å². The molecule has 0 aliphatic carbocycles. The topological polar surface area (TPSA) is 53.6 Å². The normalized spacial score (nSPS) is 37.0. The molecule has 2 saturated heterocycles. The van der Waals surface area contributed by atoms with Gasteiger partial charge in [0.2, 0.25) is 5.91 Å². The van der Waals surface area contributed by atoms with Crippen molar-refractivity contribution in [1.29, 1.82) is 0 Å². The van der Waals surface area contributed by atoms with Crippen molar-refractivity contribution in [2.75, 3.05) is 26.2 Å². The molecule has 2 heterocycles. The summed E-state index contributed by atoms with van der Waals surface area (Å²) in [7, 11) is 0. The van der Waals surface area contributed by atoms with Crippen LogP contribution >= 0.6 is 0 Å². The summed E-state index contributed by atoms with van der Waals surface area (Å²) >= 11 is 0. The van der Waals surface area contributed by atoms with E-state index in [4.69, 9.17) is 4.74 Å². The number of carbonyl (C=O) groups excluding carboxylic acids is 1. The Balaban J connectivity index is 2.03. The molecule has 0 saturated carbocycles. The second kappa shape index (κ2) is 6.68. The number of hydrogen-bond acceptors (Lipinski definition) is 4. The second-order valence-electron chi connectivity index (χ2n) is 5.73. The van der Waals surface area contributed by atoms with E-state index in [2.05, 4.69) is 29.4 Å². The molecule has 0 aromatic rings. The van der Waals surface area contributed by atoms with Gasteiger partial charge in [0.05, 0.1) is 12.2 Å². The highest BCUT2D eigenvalue weighted by molar-refractivity contribution is 5.82. The van der Waals surface area contributed by atoms with Gasteiger partial charge in [0, 0.05) is 32.2 Å². The van der Waals surface area contributed by atoms with Gasteiger partial charge in [0.15, 0.2) is 0 Å². The van der Waals surface area contributed by atoms with Gasteiger partial charge >= 0.3 is 0 Å². The molecule has 0 bridgehead atoms. The Morgan fingerprint density at radius 3 is 2.68 bits per heavy atom. The van der Waals surface area contributed by atoms with Crippen LogP contribution in [0.4, 0.5) is 0 Å². The highest BCUT2D eigenvalue weighted by Crippen LogP contribution is 2.25. The summed E-state index contributed by atoms with van der Waals surface area (Å²) in [5, 5.41) is 6.29. The van der Waals surface area contributed by atoms with E-state index < -0.39 is 0 Å². The summed E-state index contributed by atoms with van der Waals surface area (Å²) < 4.78 is 5.81. The first-order valence-corrected chi connectivity index (χ1v) is 7.51. The van der Waals surface area contributed by atoms with Gasteiger partial charge < -0.3 is 15.4 Å². The van der Waals surface area contributed by atoms with Crippen molar-refractivity contribution < 1.29 is 9.53 Å². The van der Waals surface area contributed by atoms with Gasteiger partial charge in [-0.2, -0.15) is 0 Å². The number of piperazine rings is 1. The van der Waals surface area contributed by atoms with Crippen molar-refractivity contribution in [2.45, 2.75) is 57.9 Å². The number of hydrogen-bond donors (Lipinski definition) is 2. The molecule has 3 unspecified atom stereocenters. The maximum Gasteiger partial charge on any atom is 0.238 e. The number of ether oxygens (including phenoxy) is 1. The molecule has 0 radical (unpaired) electrons. The molecular formula is C14H27N3O2. The Hall–Kier alpha value is -0.650. The zero-order valence-corrected chi connectivity index (χ0v) is 12.3. The monoisotopic (exact) mass is 269 g/mol. The molecule has 5 nitrogen and oxygen atoms in total. The van der Waals surface area contributed by atoms with Gasteiger partial charge in [-0.25, -0.2) is 0 Å². The molecule has 1 amide bonds. The number of rotatable bonds is 3. The molecular weight excluding hydrogens is 242 g/mol. The molecule has 0 aromatic carbocycles. The van der Waals surface area contributed by atoms with Gasteiger partial charge in [-0.3, -0.25) is 9.69 Å². The maximum atomic E-state index is 12.2. The lowest BCUT2D eigenvalue weighted by atomic mass is 9.95. The highest BCUT2D eigenvalue weighted by Gasteiger charge is 2.36. The van der Waals surface area contributed by atoms with E-state index in [1.54, 1.807) is 0 Å². The van der Waals surface area contributed by atoms with Gasteiger partial charge in [0.25, 0.3) is 0 Å². The van der Waals surface area contributed by atoms with E-state index >= 15 is 0 Å². The standard InChI is InChI=1S/C14H27N3O2/c1-4-16-14(18)13-9-15-5-6-17(13)12-7-10(2)19-11(3)8-12/h10-13,15H,4-9H2,1-3H3,(H,16,18). The van der Waals surface area contributed by atoms with Gasteiger partial charge in [-0.1, -0.05) is 0 Å². The van der Waals surface area contributed by atoms with Crippen LogP contribution in [0.5, 0.6) is 0 Å². The molecule has 2 rings (SSSR count). The van der Waals surface area contributed by atoms with Crippen LogP contribution in [0.3, 0.4) is 0 Å².